The Labute approximate surface area is 94.6 Å². The highest BCUT2D eigenvalue weighted by atomic mass is 16.5. The molecule has 0 aliphatic carbocycles. The molecule has 4 heteroatoms. The monoisotopic (exact) mass is 221 g/mol. The van der Waals surface area contributed by atoms with Gasteiger partial charge in [0.05, 0.1) is 25.3 Å². The van der Waals surface area contributed by atoms with Crippen LogP contribution in [0.25, 0.3) is 0 Å². The first kappa shape index (κ1) is 10.8. The minimum absolute atomic E-state index is 0.0194. The fourth-order valence-electron chi connectivity index (χ4n) is 1.88. The topological polar surface area (TPSA) is 47.6 Å². The lowest BCUT2D eigenvalue weighted by molar-refractivity contribution is -0.119. The summed E-state index contributed by atoms with van der Waals surface area (Å²) in [5, 5.41) is 2.84. The normalized spacial score (nSPS) is 16.6. The van der Waals surface area contributed by atoms with Crippen LogP contribution in [0.5, 0.6) is 11.5 Å². The average molecular weight is 221 g/mol. The molecule has 2 rings (SSSR count). The van der Waals surface area contributed by atoms with Crippen molar-refractivity contribution in [3.8, 4) is 11.5 Å². The number of fused-ring (bicyclic) bond motifs is 1. The minimum Gasteiger partial charge on any atom is -0.497 e. The van der Waals surface area contributed by atoms with Gasteiger partial charge in [0.25, 0.3) is 0 Å². The molecule has 1 aromatic carbocycles. The minimum atomic E-state index is -0.544. The van der Waals surface area contributed by atoms with E-state index in [9.17, 15) is 4.79 Å². The van der Waals surface area contributed by atoms with Crippen molar-refractivity contribution in [1.82, 2.24) is 0 Å². The Balaban J connectivity index is 2.65. The molecule has 1 aliphatic rings. The van der Waals surface area contributed by atoms with Gasteiger partial charge in [-0.3, -0.25) is 4.79 Å². The number of ether oxygens (including phenoxy) is 2. The van der Waals surface area contributed by atoms with Gasteiger partial charge in [0.15, 0.2) is 0 Å². The molecule has 1 N–H and O–H groups in total. The third kappa shape index (κ3) is 1.33. The summed E-state index contributed by atoms with van der Waals surface area (Å²) in [5.74, 6) is 1.31. The van der Waals surface area contributed by atoms with Gasteiger partial charge in [-0.25, -0.2) is 0 Å². The first-order valence-electron chi connectivity index (χ1n) is 5.08. The Hall–Kier alpha value is -1.71. The summed E-state index contributed by atoms with van der Waals surface area (Å²) in [6.45, 7) is 3.76. The van der Waals surface area contributed by atoms with E-state index in [4.69, 9.17) is 9.47 Å². The van der Waals surface area contributed by atoms with Crippen molar-refractivity contribution < 1.29 is 14.3 Å². The number of hydrogen-bond acceptors (Lipinski definition) is 3. The lowest BCUT2D eigenvalue weighted by Crippen LogP contribution is -2.26. The highest BCUT2D eigenvalue weighted by Crippen LogP contribution is 2.45. The second kappa shape index (κ2) is 3.40. The quantitative estimate of drug-likeness (QED) is 0.830. The second-order valence-corrected chi connectivity index (χ2v) is 4.33. The van der Waals surface area contributed by atoms with Crippen molar-refractivity contribution in [1.29, 1.82) is 0 Å². The zero-order valence-electron chi connectivity index (χ0n) is 9.88. The Bertz CT molecular complexity index is 452. The van der Waals surface area contributed by atoms with Gasteiger partial charge in [-0.1, -0.05) is 0 Å². The summed E-state index contributed by atoms with van der Waals surface area (Å²) >= 11 is 0. The number of hydrogen-bond donors (Lipinski definition) is 1. The number of benzene rings is 1. The number of amides is 1. The van der Waals surface area contributed by atoms with Crippen LogP contribution in [0.1, 0.15) is 19.4 Å². The zero-order chi connectivity index (χ0) is 11.9. The fraction of sp³-hybridized carbons (Fsp3) is 0.417. The Kier molecular flexibility index (Phi) is 2.30. The van der Waals surface area contributed by atoms with E-state index >= 15 is 0 Å². The summed E-state index contributed by atoms with van der Waals surface area (Å²) in [6, 6.07) is 3.64. The summed E-state index contributed by atoms with van der Waals surface area (Å²) in [7, 11) is 3.17. The molecule has 1 heterocycles. The molecule has 86 valence electrons. The van der Waals surface area contributed by atoms with Crippen LogP contribution in [0.4, 0.5) is 5.69 Å². The Morgan fingerprint density at radius 3 is 2.44 bits per heavy atom. The first-order valence-corrected chi connectivity index (χ1v) is 5.08. The molecule has 0 saturated heterocycles. The van der Waals surface area contributed by atoms with Crippen molar-refractivity contribution in [2.75, 3.05) is 19.5 Å². The SMILES string of the molecule is COc1cc(OC)c2c(c1)C(C)(C)C(=O)N2. The molecule has 0 bridgehead atoms. The molecule has 0 radical (unpaired) electrons. The van der Waals surface area contributed by atoms with Crippen LogP contribution in [0, 0.1) is 0 Å². The van der Waals surface area contributed by atoms with E-state index in [0.29, 0.717) is 11.5 Å². The van der Waals surface area contributed by atoms with Gasteiger partial charge in [0.1, 0.15) is 11.5 Å². The number of carbonyl (C=O) groups excluding carboxylic acids is 1. The molecule has 0 atom stereocenters. The maximum Gasteiger partial charge on any atom is 0.234 e. The zero-order valence-corrected chi connectivity index (χ0v) is 9.88. The first-order chi connectivity index (χ1) is 7.50. The maximum atomic E-state index is 11.8. The molecule has 16 heavy (non-hydrogen) atoms. The molecule has 0 unspecified atom stereocenters. The average Bonchev–Trinajstić information content (AvgIpc) is 2.50. The highest BCUT2D eigenvalue weighted by molar-refractivity contribution is 6.07. The lowest BCUT2D eigenvalue weighted by atomic mass is 9.86. The van der Waals surface area contributed by atoms with E-state index in [1.165, 1.54) is 0 Å². The van der Waals surface area contributed by atoms with Gasteiger partial charge in [0.2, 0.25) is 5.91 Å². The third-order valence-electron chi connectivity index (χ3n) is 3.01. The predicted molar refractivity (Wildman–Crippen MR) is 61.2 cm³/mol. The van der Waals surface area contributed by atoms with Gasteiger partial charge in [-0.05, 0) is 25.5 Å². The van der Waals surface area contributed by atoms with E-state index in [-0.39, 0.29) is 5.91 Å². The number of nitrogens with one attached hydrogen (secondary N) is 1. The fourth-order valence-corrected chi connectivity index (χ4v) is 1.88. The summed E-state index contributed by atoms with van der Waals surface area (Å²) in [4.78, 5) is 11.8. The number of rotatable bonds is 2. The molecule has 1 aliphatic heterocycles. The summed E-state index contributed by atoms with van der Waals surface area (Å²) in [6.07, 6.45) is 0. The van der Waals surface area contributed by atoms with Crippen LogP contribution in [-0.4, -0.2) is 20.1 Å². The van der Waals surface area contributed by atoms with E-state index < -0.39 is 5.41 Å². The van der Waals surface area contributed by atoms with Crippen molar-refractivity contribution >= 4 is 11.6 Å². The molecule has 0 aromatic heterocycles. The van der Waals surface area contributed by atoms with Crippen LogP contribution >= 0.6 is 0 Å². The smallest absolute Gasteiger partial charge is 0.234 e. The summed E-state index contributed by atoms with van der Waals surface area (Å²) < 4.78 is 10.4. The molecular weight excluding hydrogens is 206 g/mol. The van der Waals surface area contributed by atoms with Crippen molar-refractivity contribution in [3.63, 3.8) is 0 Å². The van der Waals surface area contributed by atoms with Gasteiger partial charge in [-0.15, -0.1) is 0 Å². The number of anilines is 1. The Morgan fingerprint density at radius 2 is 1.88 bits per heavy atom. The van der Waals surface area contributed by atoms with Crippen molar-refractivity contribution in [3.05, 3.63) is 17.7 Å². The van der Waals surface area contributed by atoms with Crippen molar-refractivity contribution in [2.24, 2.45) is 0 Å². The van der Waals surface area contributed by atoms with E-state index in [1.54, 1.807) is 20.3 Å². The highest BCUT2D eigenvalue weighted by Gasteiger charge is 2.40. The molecule has 0 saturated carbocycles. The van der Waals surface area contributed by atoms with Crippen LogP contribution in [0.15, 0.2) is 12.1 Å². The van der Waals surface area contributed by atoms with Gasteiger partial charge in [0, 0.05) is 6.07 Å². The molecule has 1 aromatic rings. The molecule has 4 nitrogen and oxygen atoms in total. The third-order valence-corrected chi connectivity index (χ3v) is 3.01. The Morgan fingerprint density at radius 1 is 1.19 bits per heavy atom. The number of carbonyl (C=O) groups is 1. The van der Waals surface area contributed by atoms with Crippen LogP contribution in [0.2, 0.25) is 0 Å². The standard InChI is InChI=1S/C12H15NO3/c1-12(2)8-5-7(15-3)6-9(16-4)10(8)13-11(12)14/h5-6H,1-4H3,(H,13,14). The lowest BCUT2D eigenvalue weighted by Gasteiger charge is -2.16. The number of methoxy groups -OCH3 is 2. The van der Waals surface area contributed by atoms with E-state index in [2.05, 4.69) is 5.32 Å². The predicted octanol–water partition coefficient (Wildman–Crippen LogP) is 1.93. The van der Waals surface area contributed by atoms with Crippen LogP contribution in [-0.2, 0) is 10.2 Å². The van der Waals surface area contributed by atoms with Gasteiger partial charge >= 0.3 is 0 Å². The molecule has 1 amide bonds. The summed E-state index contributed by atoms with van der Waals surface area (Å²) in [5.41, 5.74) is 1.11. The van der Waals surface area contributed by atoms with E-state index in [0.717, 1.165) is 11.3 Å². The van der Waals surface area contributed by atoms with Crippen LogP contribution < -0.4 is 14.8 Å². The molecule has 0 spiro atoms. The molecular formula is C12H15NO3. The van der Waals surface area contributed by atoms with Gasteiger partial charge < -0.3 is 14.8 Å². The maximum absolute atomic E-state index is 11.8. The second-order valence-electron chi connectivity index (χ2n) is 4.33. The van der Waals surface area contributed by atoms with Gasteiger partial charge in [-0.2, -0.15) is 0 Å². The largest absolute Gasteiger partial charge is 0.497 e. The van der Waals surface area contributed by atoms with Crippen molar-refractivity contribution in [2.45, 2.75) is 19.3 Å². The van der Waals surface area contributed by atoms with Crippen LogP contribution in [0.3, 0.4) is 0 Å². The molecule has 0 fully saturated rings. The van der Waals surface area contributed by atoms with E-state index in [1.807, 2.05) is 19.9 Å².